The molecule has 1 aliphatic rings. The van der Waals surface area contributed by atoms with E-state index in [1.807, 2.05) is 6.07 Å². The molecule has 128 valence electrons. The van der Waals surface area contributed by atoms with Gasteiger partial charge in [-0.15, -0.1) is 0 Å². The van der Waals surface area contributed by atoms with Gasteiger partial charge in [-0.1, -0.05) is 18.2 Å². The Bertz CT molecular complexity index is 1050. The number of fused-ring (bicyclic) bond motifs is 1. The summed E-state index contributed by atoms with van der Waals surface area (Å²) in [4.78, 5) is 12.7. The molecule has 2 N–H and O–H groups in total. The normalized spacial score (nSPS) is 14.4. The summed E-state index contributed by atoms with van der Waals surface area (Å²) in [5.74, 6) is -0.386. The summed E-state index contributed by atoms with van der Waals surface area (Å²) in [6, 6.07) is 13.7. The Kier molecular flexibility index (Phi) is 3.73. The van der Waals surface area contributed by atoms with E-state index in [2.05, 4.69) is 10.0 Å². The fourth-order valence-corrected chi connectivity index (χ4v) is 4.09. The molecule has 1 fully saturated rings. The van der Waals surface area contributed by atoms with Gasteiger partial charge in [0.05, 0.1) is 28.5 Å². The number of hydrogen-bond acceptors (Lipinski definition) is 4. The van der Waals surface area contributed by atoms with Crippen LogP contribution in [0.25, 0.3) is 11.0 Å². The first-order valence-corrected chi connectivity index (χ1v) is 9.47. The highest BCUT2D eigenvalue weighted by molar-refractivity contribution is 7.93. The highest BCUT2D eigenvalue weighted by atomic mass is 32.2. The van der Waals surface area contributed by atoms with E-state index < -0.39 is 10.0 Å². The molecule has 1 amide bonds. The van der Waals surface area contributed by atoms with Crippen LogP contribution in [-0.4, -0.2) is 19.6 Å². The van der Waals surface area contributed by atoms with Gasteiger partial charge in [-0.2, -0.15) is 0 Å². The van der Waals surface area contributed by atoms with E-state index in [4.69, 9.17) is 4.42 Å². The second-order valence-electron chi connectivity index (χ2n) is 5.98. The summed E-state index contributed by atoms with van der Waals surface area (Å²) in [5.41, 5.74) is 1.83. The van der Waals surface area contributed by atoms with E-state index in [9.17, 15) is 13.2 Å². The zero-order chi connectivity index (χ0) is 17.4. The molecule has 4 rings (SSSR count). The molecule has 0 unspecified atom stereocenters. The van der Waals surface area contributed by atoms with Crippen LogP contribution >= 0.6 is 0 Å². The summed E-state index contributed by atoms with van der Waals surface area (Å²) in [7, 11) is -3.44. The smallest absolute Gasteiger partial charge is 0.257 e. The van der Waals surface area contributed by atoms with Crippen molar-refractivity contribution in [3.63, 3.8) is 0 Å². The number of para-hydroxylation sites is 1. The van der Waals surface area contributed by atoms with Crippen LogP contribution in [0, 0.1) is 0 Å². The molecule has 0 atom stereocenters. The number of carbonyl (C=O) groups is 1. The minimum absolute atomic E-state index is 0.271. The van der Waals surface area contributed by atoms with Crippen molar-refractivity contribution in [3.05, 3.63) is 60.4 Å². The lowest BCUT2D eigenvalue weighted by molar-refractivity contribution is 0.102. The molecule has 1 saturated carbocycles. The van der Waals surface area contributed by atoms with Gasteiger partial charge < -0.3 is 9.73 Å². The number of hydrogen-bond donors (Lipinski definition) is 2. The van der Waals surface area contributed by atoms with Gasteiger partial charge in [0.2, 0.25) is 10.0 Å². The zero-order valence-electron chi connectivity index (χ0n) is 13.2. The van der Waals surface area contributed by atoms with Gasteiger partial charge in [-0.25, -0.2) is 8.42 Å². The molecule has 1 aliphatic carbocycles. The predicted molar refractivity (Wildman–Crippen MR) is 96.2 cm³/mol. The Labute approximate surface area is 144 Å². The van der Waals surface area contributed by atoms with Gasteiger partial charge in [0, 0.05) is 5.39 Å². The molecule has 0 spiro atoms. The third-order valence-corrected chi connectivity index (χ3v) is 5.98. The van der Waals surface area contributed by atoms with Crippen molar-refractivity contribution in [2.24, 2.45) is 0 Å². The topological polar surface area (TPSA) is 88.4 Å². The lowest BCUT2D eigenvalue weighted by Crippen LogP contribution is -2.21. The molecule has 7 heteroatoms. The number of rotatable bonds is 5. The van der Waals surface area contributed by atoms with E-state index in [1.54, 1.807) is 48.7 Å². The van der Waals surface area contributed by atoms with Crippen molar-refractivity contribution in [2.45, 2.75) is 18.1 Å². The van der Waals surface area contributed by atoms with Crippen LogP contribution in [0.15, 0.2) is 59.2 Å². The van der Waals surface area contributed by atoms with E-state index >= 15 is 0 Å². The predicted octanol–water partition coefficient (Wildman–Crippen LogP) is 3.59. The number of anilines is 2. The number of sulfonamides is 1. The van der Waals surface area contributed by atoms with E-state index in [1.165, 1.54) is 0 Å². The molecule has 0 saturated heterocycles. The first kappa shape index (κ1) is 15.7. The van der Waals surface area contributed by atoms with Gasteiger partial charge in [0.25, 0.3) is 5.91 Å². The number of furan rings is 1. The quantitative estimate of drug-likeness (QED) is 0.731. The first-order valence-electron chi connectivity index (χ1n) is 7.93. The molecule has 6 nitrogen and oxygen atoms in total. The summed E-state index contributed by atoms with van der Waals surface area (Å²) in [6.07, 6.45) is 2.87. The fraction of sp³-hybridized carbons (Fsp3) is 0.167. The van der Waals surface area contributed by atoms with Crippen LogP contribution < -0.4 is 10.0 Å². The summed E-state index contributed by atoms with van der Waals surface area (Å²) < 4.78 is 32.2. The molecule has 0 radical (unpaired) electrons. The molecule has 1 heterocycles. The average Bonchev–Trinajstić information content (AvgIpc) is 3.34. The number of carbonyl (C=O) groups excluding carboxylic acids is 1. The standard InChI is InChI=1S/C18H16N2O4S/c21-18(19-15-6-3-7-17-13(15)10-11-24-17)14-4-1-2-5-16(14)20-25(22,23)12-8-9-12/h1-7,10-12,20H,8-9H2,(H,19,21). The first-order chi connectivity index (χ1) is 12.0. The minimum atomic E-state index is -3.44. The Morgan fingerprint density at radius 1 is 1.00 bits per heavy atom. The molecule has 0 bridgehead atoms. The van der Waals surface area contributed by atoms with Crippen molar-refractivity contribution < 1.29 is 17.6 Å². The van der Waals surface area contributed by atoms with Crippen molar-refractivity contribution in [1.29, 1.82) is 0 Å². The molecule has 3 aromatic rings. The van der Waals surface area contributed by atoms with Crippen LogP contribution in [0.5, 0.6) is 0 Å². The number of benzene rings is 2. The van der Waals surface area contributed by atoms with Crippen LogP contribution in [-0.2, 0) is 10.0 Å². The van der Waals surface area contributed by atoms with Crippen molar-refractivity contribution in [3.8, 4) is 0 Å². The zero-order valence-corrected chi connectivity index (χ0v) is 14.0. The van der Waals surface area contributed by atoms with Gasteiger partial charge in [0.1, 0.15) is 5.58 Å². The third kappa shape index (κ3) is 3.10. The monoisotopic (exact) mass is 356 g/mol. The highest BCUT2D eigenvalue weighted by Gasteiger charge is 2.36. The third-order valence-electron chi connectivity index (χ3n) is 4.13. The van der Waals surface area contributed by atoms with Crippen LogP contribution in [0.2, 0.25) is 0 Å². The lowest BCUT2D eigenvalue weighted by atomic mass is 10.1. The molecule has 2 aromatic carbocycles. The van der Waals surface area contributed by atoms with E-state index in [-0.39, 0.29) is 22.4 Å². The Hall–Kier alpha value is -2.80. The maximum atomic E-state index is 12.7. The van der Waals surface area contributed by atoms with Gasteiger partial charge in [-0.05, 0) is 43.2 Å². The molecule has 0 aliphatic heterocycles. The Morgan fingerprint density at radius 3 is 2.56 bits per heavy atom. The average molecular weight is 356 g/mol. The van der Waals surface area contributed by atoms with Crippen molar-refractivity contribution in [1.82, 2.24) is 0 Å². The second-order valence-corrected chi connectivity index (χ2v) is 7.94. The number of amides is 1. The second kappa shape index (κ2) is 5.93. The van der Waals surface area contributed by atoms with E-state index in [0.717, 1.165) is 5.39 Å². The van der Waals surface area contributed by atoms with Crippen molar-refractivity contribution in [2.75, 3.05) is 10.0 Å². The summed E-state index contributed by atoms with van der Waals surface area (Å²) in [5, 5.41) is 3.25. The molecule has 1 aromatic heterocycles. The van der Waals surface area contributed by atoms with E-state index in [0.29, 0.717) is 24.1 Å². The van der Waals surface area contributed by atoms with Gasteiger partial charge in [-0.3, -0.25) is 9.52 Å². The van der Waals surface area contributed by atoms with Crippen LogP contribution in [0.4, 0.5) is 11.4 Å². The largest absolute Gasteiger partial charge is 0.464 e. The van der Waals surface area contributed by atoms with Gasteiger partial charge >= 0.3 is 0 Å². The van der Waals surface area contributed by atoms with Crippen molar-refractivity contribution >= 4 is 38.3 Å². The maximum Gasteiger partial charge on any atom is 0.257 e. The number of nitrogens with one attached hydrogen (secondary N) is 2. The molecule has 25 heavy (non-hydrogen) atoms. The molecular weight excluding hydrogens is 340 g/mol. The molecular formula is C18H16N2O4S. The summed E-state index contributed by atoms with van der Waals surface area (Å²) >= 11 is 0. The lowest BCUT2D eigenvalue weighted by Gasteiger charge is -2.12. The Balaban J connectivity index is 1.63. The van der Waals surface area contributed by atoms with Crippen LogP contribution in [0.1, 0.15) is 23.2 Å². The van der Waals surface area contributed by atoms with Gasteiger partial charge in [0.15, 0.2) is 0 Å². The SMILES string of the molecule is O=C(Nc1cccc2occc12)c1ccccc1NS(=O)(=O)C1CC1. The Morgan fingerprint density at radius 2 is 1.76 bits per heavy atom. The van der Waals surface area contributed by atoms with Crippen LogP contribution in [0.3, 0.4) is 0 Å². The fourth-order valence-electron chi connectivity index (χ4n) is 2.68. The highest BCUT2D eigenvalue weighted by Crippen LogP contribution is 2.31. The minimum Gasteiger partial charge on any atom is -0.464 e. The maximum absolute atomic E-state index is 12.7. The summed E-state index contributed by atoms with van der Waals surface area (Å²) in [6.45, 7) is 0.